The lowest BCUT2D eigenvalue weighted by Gasteiger charge is -2.10. The van der Waals surface area contributed by atoms with Crippen LogP contribution in [0.15, 0.2) is 28.9 Å². The number of halogens is 2. The van der Waals surface area contributed by atoms with Gasteiger partial charge >= 0.3 is 6.61 Å². The van der Waals surface area contributed by atoms with Crippen molar-refractivity contribution in [2.45, 2.75) is 13.2 Å². The number of benzene rings is 1. The molecular formula is C11H10F2N4O3. The van der Waals surface area contributed by atoms with Crippen LogP contribution in [0.2, 0.25) is 0 Å². The van der Waals surface area contributed by atoms with Crippen LogP contribution in [0, 0.1) is 0 Å². The molecule has 0 fully saturated rings. The van der Waals surface area contributed by atoms with Gasteiger partial charge in [0, 0.05) is 12.1 Å². The third kappa shape index (κ3) is 3.19. The van der Waals surface area contributed by atoms with Gasteiger partial charge in [-0.3, -0.25) is 4.79 Å². The summed E-state index contributed by atoms with van der Waals surface area (Å²) in [6.45, 7) is -2.98. The number of nitrogens with zero attached hydrogens (tertiary/aromatic N) is 2. The van der Waals surface area contributed by atoms with Gasteiger partial charge < -0.3 is 15.8 Å². The van der Waals surface area contributed by atoms with E-state index in [1.165, 1.54) is 6.07 Å². The van der Waals surface area contributed by atoms with Gasteiger partial charge in [-0.25, -0.2) is 4.63 Å². The van der Waals surface area contributed by atoms with Gasteiger partial charge in [-0.05, 0) is 16.4 Å². The quantitative estimate of drug-likeness (QED) is 0.854. The third-order valence-corrected chi connectivity index (χ3v) is 2.36. The number of rotatable bonds is 5. The number of amides is 1. The van der Waals surface area contributed by atoms with E-state index >= 15 is 0 Å². The first kappa shape index (κ1) is 13.7. The molecule has 1 amide bonds. The Labute approximate surface area is 111 Å². The van der Waals surface area contributed by atoms with Gasteiger partial charge in [0.2, 0.25) is 11.5 Å². The van der Waals surface area contributed by atoms with E-state index in [2.05, 4.69) is 25.0 Å². The minimum absolute atomic E-state index is 0.0194. The predicted octanol–water partition coefficient (Wildman–Crippen LogP) is 1.18. The highest BCUT2D eigenvalue weighted by Gasteiger charge is 2.16. The van der Waals surface area contributed by atoms with Crippen molar-refractivity contribution in [2.75, 3.05) is 5.73 Å². The first-order valence-electron chi connectivity index (χ1n) is 5.47. The lowest BCUT2D eigenvalue weighted by atomic mass is 10.2. The van der Waals surface area contributed by atoms with Crippen molar-refractivity contribution in [2.24, 2.45) is 0 Å². The van der Waals surface area contributed by atoms with Crippen molar-refractivity contribution in [1.82, 2.24) is 15.6 Å². The predicted molar refractivity (Wildman–Crippen MR) is 63.0 cm³/mol. The summed E-state index contributed by atoms with van der Waals surface area (Å²) in [6, 6.07) is 6.09. The van der Waals surface area contributed by atoms with Crippen LogP contribution in [0.3, 0.4) is 0 Å². The third-order valence-electron chi connectivity index (χ3n) is 2.36. The molecule has 0 aliphatic carbocycles. The normalized spacial score (nSPS) is 10.6. The maximum Gasteiger partial charge on any atom is 0.387 e. The van der Waals surface area contributed by atoms with Gasteiger partial charge in [-0.1, -0.05) is 18.2 Å². The zero-order valence-electron chi connectivity index (χ0n) is 10.0. The van der Waals surface area contributed by atoms with Gasteiger partial charge in [0.15, 0.2) is 0 Å². The molecule has 1 heterocycles. The molecular weight excluding hydrogens is 274 g/mol. The number of carbonyl (C=O) groups excluding carboxylic acids is 1. The highest BCUT2D eigenvalue weighted by Crippen LogP contribution is 2.20. The molecule has 2 rings (SSSR count). The zero-order valence-corrected chi connectivity index (χ0v) is 10.0. The van der Waals surface area contributed by atoms with E-state index in [0.29, 0.717) is 5.56 Å². The molecule has 20 heavy (non-hydrogen) atoms. The molecule has 1 aromatic carbocycles. The Bertz CT molecular complexity index is 603. The molecule has 3 N–H and O–H groups in total. The van der Waals surface area contributed by atoms with Gasteiger partial charge in [0.1, 0.15) is 5.75 Å². The largest absolute Gasteiger partial charge is 0.434 e. The Morgan fingerprint density at radius 3 is 2.80 bits per heavy atom. The minimum atomic E-state index is -2.94. The second kappa shape index (κ2) is 5.95. The van der Waals surface area contributed by atoms with E-state index in [9.17, 15) is 13.6 Å². The van der Waals surface area contributed by atoms with E-state index in [0.717, 1.165) is 0 Å². The second-order valence-electron chi connectivity index (χ2n) is 3.67. The summed E-state index contributed by atoms with van der Waals surface area (Å²) < 4.78 is 33.1. The van der Waals surface area contributed by atoms with Crippen LogP contribution >= 0.6 is 0 Å². The summed E-state index contributed by atoms with van der Waals surface area (Å²) in [4.78, 5) is 11.7. The molecule has 0 saturated carbocycles. The number of para-hydroxylation sites is 1. The molecule has 0 bridgehead atoms. The fourth-order valence-electron chi connectivity index (χ4n) is 1.47. The molecule has 2 aromatic rings. The van der Waals surface area contributed by atoms with Crippen LogP contribution in [-0.2, 0) is 6.54 Å². The fraction of sp³-hybridized carbons (Fsp3) is 0.182. The number of anilines is 1. The van der Waals surface area contributed by atoms with E-state index in [1.807, 2.05) is 0 Å². The summed E-state index contributed by atoms with van der Waals surface area (Å²) in [5.41, 5.74) is 5.57. The summed E-state index contributed by atoms with van der Waals surface area (Å²) in [7, 11) is 0. The van der Waals surface area contributed by atoms with Crippen LogP contribution in [0.1, 0.15) is 16.1 Å². The SMILES string of the molecule is Nc1nonc1C(=O)NCc1ccccc1OC(F)F. The van der Waals surface area contributed by atoms with E-state index < -0.39 is 12.5 Å². The molecule has 0 unspecified atom stereocenters. The number of nitrogens with one attached hydrogen (secondary N) is 1. The molecule has 0 atom stereocenters. The Kier molecular flexibility index (Phi) is 4.08. The van der Waals surface area contributed by atoms with Crippen LogP contribution < -0.4 is 15.8 Å². The number of hydrogen-bond donors (Lipinski definition) is 2. The molecule has 0 aliphatic heterocycles. The van der Waals surface area contributed by atoms with Crippen molar-refractivity contribution >= 4 is 11.7 Å². The molecule has 106 valence electrons. The Hall–Kier alpha value is -2.71. The second-order valence-corrected chi connectivity index (χ2v) is 3.67. The number of hydrogen-bond acceptors (Lipinski definition) is 6. The van der Waals surface area contributed by atoms with Gasteiger partial charge in [0.25, 0.3) is 5.91 Å². The Morgan fingerprint density at radius 2 is 2.15 bits per heavy atom. The standard InChI is InChI=1S/C11H10F2N4O3/c12-11(13)19-7-4-2-1-3-6(7)5-15-10(18)8-9(14)17-20-16-8/h1-4,11H,5H2,(H2,14,17)(H,15,18). The van der Waals surface area contributed by atoms with Gasteiger partial charge in [0.05, 0.1) is 0 Å². The zero-order chi connectivity index (χ0) is 14.5. The van der Waals surface area contributed by atoms with E-state index in [4.69, 9.17) is 5.73 Å². The van der Waals surface area contributed by atoms with E-state index in [1.54, 1.807) is 18.2 Å². The van der Waals surface area contributed by atoms with Crippen molar-refractivity contribution in [3.63, 3.8) is 0 Å². The number of nitrogens with two attached hydrogens (primary N) is 1. The number of aromatic nitrogens is 2. The topological polar surface area (TPSA) is 103 Å². The first-order valence-corrected chi connectivity index (χ1v) is 5.47. The number of alkyl halides is 2. The number of ether oxygens (including phenoxy) is 1. The van der Waals surface area contributed by atoms with Crippen molar-refractivity contribution in [3.05, 3.63) is 35.5 Å². The van der Waals surface area contributed by atoms with Gasteiger partial charge in [-0.15, -0.1) is 0 Å². The highest BCUT2D eigenvalue weighted by atomic mass is 19.3. The molecule has 1 aromatic heterocycles. The molecule has 0 aliphatic rings. The van der Waals surface area contributed by atoms with Crippen molar-refractivity contribution in [3.8, 4) is 5.75 Å². The number of carbonyl (C=O) groups is 1. The van der Waals surface area contributed by atoms with Crippen LogP contribution in [-0.4, -0.2) is 22.8 Å². The van der Waals surface area contributed by atoms with Gasteiger partial charge in [-0.2, -0.15) is 8.78 Å². The van der Waals surface area contributed by atoms with Crippen molar-refractivity contribution in [1.29, 1.82) is 0 Å². The summed E-state index contributed by atoms with van der Waals surface area (Å²) >= 11 is 0. The molecule has 7 nitrogen and oxygen atoms in total. The molecule has 0 radical (unpaired) electrons. The lowest BCUT2D eigenvalue weighted by Crippen LogP contribution is -2.24. The molecule has 9 heteroatoms. The fourth-order valence-corrected chi connectivity index (χ4v) is 1.47. The van der Waals surface area contributed by atoms with Crippen LogP contribution in [0.5, 0.6) is 5.75 Å². The van der Waals surface area contributed by atoms with Crippen LogP contribution in [0.4, 0.5) is 14.6 Å². The maximum absolute atomic E-state index is 12.2. The number of nitrogen functional groups attached to an aromatic ring is 1. The monoisotopic (exact) mass is 284 g/mol. The average Bonchev–Trinajstić information content (AvgIpc) is 2.83. The molecule has 0 saturated heterocycles. The maximum atomic E-state index is 12.2. The summed E-state index contributed by atoms with van der Waals surface area (Å²) in [6.07, 6.45) is 0. The Balaban J connectivity index is 2.04. The smallest absolute Gasteiger partial charge is 0.387 e. The highest BCUT2D eigenvalue weighted by molar-refractivity contribution is 5.95. The minimum Gasteiger partial charge on any atom is -0.434 e. The van der Waals surface area contributed by atoms with Crippen LogP contribution in [0.25, 0.3) is 0 Å². The Morgan fingerprint density at radius 1 is 1.40 bits per heavy atom. The van der Waals surface area contributed by atoms with Crippen molar-refractivity contribution < 1.29 is 22.9 Å². The average molecular weight is 284 g/mol. The first-order chi connectivity index (χ1) is 9.58. The summed E-state index contributed by atoms with van der Waals surface area (Å²) in [5, 5.41) is 9.03. The summed E-state index contributed by atoms with van der Waals surface area (Å²) in [5.74, 6) is -0.802. The van der Waals surface area contributed by atoms with E-state index in [-0.39, 0.29) is 23.8 Å². The lowest BCUT2D eigenvalue weighted by molar-refractivity contribution is -0.0504. The molecule has 0 spiro atoms.